The molecule has 0 bridgehead atoms. The molecule has 1 heterocycles. The van der Waals surface area contributed by atoms with E-state index in [1.165, 1.54) is 24.1 Å². The highest BCUT2D eigenvalue weighted by Gasteiger charge is 2.35. The quantitative estimate of drug-likeness (QED) is 0.144. The van der Waals surface area contributed by atoms with Gasteiger partial charge in [0.1, 0.15) is 19.0 Å². The minimum Gasteiger partial charge on any atom is -0.493 e. The summed E-state index contributed by atoms with van der Waals surface area (Å²) in [7, 11) is 1.52. The number of benzene rings is 3. The molecule has 0 atom stereocenters. The second kappa shape index (κ2) is 12.7. The second-order valence-corrected chi connectivity index (χ2v) is 10.5. The summed E-state index contributed by atoms with van der Waals surface area (Å²) in [6.45, 7) is 6.66. The van der Waals surface area contributed by atoms with Gasteiger partial charge in [0.2, 0.25) is 0 Å². The Balaban J connectivity index is 1.42. The third-order valence-electron chi connectivity index (χ3n) is 6.26. The lowest BCUT2D eigenvalue weighted by Crippen LogP contribution is -2.32. The maximum absolute atomic E-state index is 13.0. The van der Waals surface area contributed by atoms with Crippen LogP contribution in [0.2, 0.25) is 0 Å². The van der Waals surface area contributed by atoms with Crippen molar-refractivity contribution >= 4 is 34.7 Å². The second-order valence-electron chi connectivity index (χ2n) is 9.50. The Hall–Kier alpha value is -4.31. The molecule has 1 aliphatic heterocycles. The Bertz CT molecular complexity index is 1450. The summed E-state index contributed by atoms with van der Waals surface area (Å²) in [6.07, 6.45) is 1.64. The predicted molar refractivity (Wildman–Crippen MR) is 154 cm³/mol. The largest absolute Gasteiger partial charge is 0.493 e. The zero-order valence-electron chi connectivity index (χ0n) is 22.7. The van der Waals surface area contributed by atoms with Crippen LogP contribution in [0.1, 0.15) is 42.0 Å². The van der Waals surface area contributed by atoms with Crippen LogP contribution in [-0.4, -0.2) is 41.2 Å². The third kappa shape index (κ3) is 6.81. The number of imide groups is 1. The van der Waals surface area contributed by atoms with E-state index in [2.05, 4.69) is 13.8 Å². The van der Waals surface area contributed by atoms with Gasteiger partial charge in [0.25, 0.3) is 16.8 Å². The van der Waals surface area contributed by atoms with E-state index in [0.717, 1.165) is 34.2 Å². The van der Waals surface area contributed by atoms with Gasteiger partial charge in [-0.2, -0.15) is 0 Å². The van der Waals surface area contributed by atoms with Gasteiger partial charge in [0.15, 0.2) is 11.5 Å². The fraction of sp³-hybridized carbons (Fsp3) is 0.267. The van der Waals surface area contributed by atoms with E-state index in [-0.39, 0.29) is 42.5 Å². The number of aryl methyl sites for hydroxylation is 1. The van der Waals surface area contributed by atoms with Crippen LogP contribution in [-0.2, 0) is 11.4 Å². The van der Waals surface area contributed by atoms with Crippen LogP contribution in [0, 0.1) is 17.0 Å². The number of methoxy groups -OCH3 is 1. The molecule has 1 fully saturated rings. The van der Waals surface area contributed by atoms with E-state index >= 15 is 0 Å². The number of carbonyl (C=O) groups excluding carboxylic acids is 2. The minimum absolute atomic E-state index is 0.000641. The number of hydrogen-bond acceptors (Lipinski definition) is 8. The predicted octanol–water partition coefficient (Wildman–Crippen LogP) is 6.73. The van der Waals surface area contributed by atoms with E-state index in [1.807, 2.05) is 25.1 Å². The van der Waals surface area contributed by atoms with E-state index in [4.69, 9.17) is 14.2 Å². The lowest BCUT2D eigenvalue weighted by Gasteiger charge is -2.17. The van der Waals surface area contributed by atoms with Crippen molar-refractivity contribution in [2.75, 3.05) is 20.3 Å². The van der Waals surface area contributed by atoms with Crippen LogP contribution >= 0.6 is 11.8 Å². The van der Waals surface area contributed by atoms with Crippen molar-refractivity contribution in [3.63, 3.8) is 0 Å². The number of hydrogen-bond donors (Lipinski definition) is 0. The van der Waals surface area contributed by atoms with E-state index in [9.17, 15) is 19.7 Å². The van der Waals surface area contributed by atoms with Crippen molar-refractivity contribution in [3.8, 4) is 17.2 Å². The molecule has 0 saturated carbocycles. The van der Waals surface area contributed by atoms with Crippen LogP contribution in [0.4, 0.5) is 10.5 Å². The van der Waals surface area contributed by atoms with Crippen molar-refractivity contribution in [2.24, 2.45) is 0 Å². The van der Waals surface area contributed by atoms with E-state index in [0.29, 0.717) is 22.0 Å². The summed E-state index contributed by atoms with van der Waals surface area (Å²) in [6, 6.07) is 17.3. The fourth-order valence-electron chi connectivity index (χ4n) is 4.11. The SMILES string of the molecule is COc1ccc(/C=C2\SC(=O)N(CCOc3cc(C)ccc3C(C)C)C2=O)cc1OCc1ccc([N+](=O)[O-])cc1. The lowest BCUT2D eigenvalue weighted by atomic mass is 10.0. The van der Waals surface area contributed by atoms with E-state index < -0.39 is 4.92 Å². The number of nitro benzene ring substituents is 1. The van der Waals surface area contributed by atoms with Gasteiger partial charge in [-0.25, -0.2) is 0 Å². The number of non-ortho nitro benzene ring substituents is 1. The Labute approximate surface area is 236 Å². The Morgan fingerprint density at radius 2 is 1.73 bits per heavy atom. The van der Waals surface area contributed by atoms with Crippen LogP contribution in [0.5, 0.6) is 17.2 Å². The number of ether oxygens (including phenoxy) is 3. The summed E-state index contributed by atoms with van der Waals surface area (Å²) in [5.41, 5.74) is 3.55. The van der Waals surface area contributed by atoms with Gasteiger partial charge in [-0.15, -0.1) is 0 Å². The molecule has 0 spiro atoms. The molecule has 1 saturated heterocycles. The first kappa shape index (κ1) is 28.7. The molecule has 0 N–H and O–H groups in total. The van der Waals surface area contributed by atoms with Crippen molar-refractivity contribution in [1.29, 1.82) is 0 Å². The maximum Gasteiger partial charge on any atom is 0.293 e. The average molecular weight is 563 g/mol. The third-order valence-corrected chi connectivity index (χ3v) is 7.17. The van der Waals surface area contributed by atoms with Crippen molar-refractivity contribution in [3.05, 3.63) is 97.9 Å². The number of thioether (sulfide) groups is 1. The van der Waals surface area contributed by atoms with Gasteiger partial charge in [0.05, 0.1) is 23.5 Å². The van der Waals surface area contributed by atoms with Gasteiger partial charge in [0, 0.05) is 12.1 Å². The summed E-state index contributed by atoms with van der Waals surface area (Å²) in [4.78, 5) is 37.6. The van der Waals surface area contributed by atoms with Gasteiger partial charge in [-0.1, -0.05) is 32.0 Å². The van der Waals surface area contributed by atoms with Crippen LogP contribution in [0.3, 0.4) is 0 Å². The zero-order valence-corrected chi connectivity index (χ0v) is 23.5. The van der Waals surface area contributed by atoms with Gasteiger partial charge in [-0.3, -0.25) is 24.6 Å². The van der Waals surface area contributed by atoms with Gasteiger partial charge < -0.3 is 14.2 Å². The van der Waals surface area contributed by atoms with Crippen LogP contribution in [0.15, 0.2) is 65.6 Å². The normalized spacial score (nSPS) is 14.2. The molecule has 40 heavy (non-hydrogen) atoms. The van der Waals surface area contributed by atoms with Gasteiger partial charge >= 0.3 is 0 Å². The standard InChI is InChI=1S/C30H30N2O7S/c1-19(2)24-11-5-20(3)15-26(24)38-14-13-31-29(33)28(40-30(31)34)17-22-8-12-25(37-4)27(16-22)39-18-21-6-9-23(10-7-21)32(35)36/h5-12,15-17,19H,13-14,18H2,1-4H3/b28-17-. The molecule has 0 unspecified atom stereocenters. The van der Waals surface area contributed by atoms with Crippen molar-refractivity contribution in [2.45, 2.75) is 33.3 Å². The van der Waals surface area contributed by atoms with Gasteiger partial charge in [-0.05, 0) is 83.3 Å². The first-order valence-corrected chi connectivity index (χ1v) is 13.5. The molecule has 0 aliphatic carbocycles. The molecule has 1 aliphatic rings. The van der Waals surface area contributed by atoms with Crippen molar-refractivity contribution < 1.29 is 28.7 Å². The smallest absolute Gasteiger partial charge is 0.293 e. The summed E-state index contributed by atoms with van der Waals surface area (Å²) in [5.74, 6) is 1.58. The molecule has 4 rings (SSSR count). The molecular weight excluding hydrogens is 532 g/mol. The first-order chi connectivity index (χ1) is 19.2. The monoisotopic (exact) mass is 562 g/mol. The first-order valence-electron chi connectivity index (χ1n) is 12.7. The van der Waals surface area contributed by atoms with Crippen molar-refractivity contribution in [1.82, 2.24) is 4.90 Å². The minimum atomic E-state index is -0.460. The highest BCUT2D eigenvalue weighted by Crippen LogP contribution is 2.35. The average Bonchev–Trinajstić information content (AvgIpc) is 3.19. The molecule has 0 radical (unpaired) electrons. The Kier molecular flexibility index (Phi) is 9.11. The highest BCUT2D eigenvalue weighted by molar-refractivity contribution is 8.18. The number of nitrogens with zero attached hydrogens (tertiary/aromatic N) is 2. The van der Waals surface area contributed by atoms with Crippen LogP contribution < -0.4 is 14.2 Å². The van der Waals surface area contributed by atoms with Crippen LogP contribution in [0.25, 0.3) is 6.08 Å². The molecule has 2 amide bonds. The zero-order chi connectivity index (χ0) is 28.8. The molecule has 3 aromatic rings. The topological polar surface area (TPSA) is 108 Å². The summed E-state index contributed by atoms with van der Waals surface area (Å²) in [5, 5.41) is 10.5. The Morgan fingerprint density at radius 3 is 2.40 bits per heavy atom. The lowest BCUT2D eigenvalue weighted by molar-refractivity contribution is -0.384. The highest BCUT2D eigenvalue weighted by atomic mass is 32.2. The number of carbonyl (C=O) groups is 2. The number of nitro groups is 1. The van der Waals surface area contributed by atoms with E-state index in [1.54, 1.807) is 36.4 Å². The maximum atomic E-state index is 13.0. The molecule has 208 valence electrons. The molecule has 9 nitrogen and oxygen atoms in total. The number of amides is 2. The fourth-order valence-corrected chi connectivity index (χ4v) is 4.97. The number of rotatable bonds is 11. The molecule has 10 heteroatoms. The molecular formula is C30H30N2O7S. The summed E-state index contributed by atoms with van der Waals surface area (Å²) >= 11 is 0.879. The molecule has 3 aromatic carbocycles. The summed E-state index contributed by atoms with van der Waals surface area (Å²) < 4.78 is 17.3. The Morgan fingerprint density at radius 1 is 0.975 bits per heavy atom. The molecule has 0 aromatic heterocycles.